The van der Waals surface area contributed by atoms with Crippen molar-refractivity contribution in [1.82, 2.24) is 0 Å². The van der Waals surface area contributed by atoms with Gasteiger partial charge in [-0.05, 0) is 56.1 Å². The van der Waals surface area contributed by atoms with Crippen molar-refractivity contribution in [3.63, 3.8) is 0 Å². The molecule has 0 amide bonds. The third-order valence-corrected chi connectivity index (χ3v) is 7.17. The summed E-state index contributed by atoms with van der Waals surface area (Å²) in [5, 5.41) is 0. The van der Waals surface area contributed by atoms with Crippen LogP contribution in [0.2, 0.25) is 0 Å². The van der Waals surface area contributed by atoms with Gasteiger partial charge in [-0.2, -0.15) is 4.57 Å². The van der Waals surface area contributed by atoms with E-state index in [1.165, 1.54) is 55.5 Å². The lowest BCUT2D eigenvalue weighted by Crippen LogP contribution is -2.64. The number of aryl methyl sites for hydroxylation is 1. The summed E-state index contributed by atoms with van der Waals surface area (Å²) in [4.78, 5) is 2.28. The summed E-state index contributed by atoms with van der Waals surface area (Å²) < 4.78 is 2.57. The summed E-state index contributed by atoms with van der Waals surface area (Å²) in [5.74, 6) is 2.98. The number of pyridine rings is 1. The topological polar surface area (TPSA) is 7.12 Å². The standard InChI is InChI=1S/C23H29N2/c1-17-3-5-21(6-4-17)24(2)22-7-9-25(10-8-22)23-14-18-11-19(15-23)13-20(12-18)16-23/h3-10,18-20H,11-16H2,1-2H3/q+1. The third-order valence-electron chi connectivity index (χ3n) is 7.17. The Kier molecular flexibility index (Phi) is 3.45. The zero-order valence-corrected chi connectivity index (χ0v) is 15.5. The Hall–Kier alpha value is -1.83. The fraction of sp³-hybridized carbons (Fsp3) is 0.522. The van der Waals surface area contributed by atoms with E-state index in [1.54, 1.807) is 0 Å². The summed E-state index contributed by atoms with van der Waals surface area (Å²) in [6, 6.07) is 13.4. The summed E-state index contributed by atoms with van der Waals surface area (Å²) in [7, 11) is 2.16. The number of rotatable bonds is 3. The van der Waals surface area contributed by atoms with Gasteiger partial charge in [-0.15, -0.1) is 0 Å². The van der Waals surface area contributed by atoms with Crippen molar-refractivity contribution in [1.29, 1.82) is 0 Å². The van der Waals surface area contributed by atoms with Crippen molar-refractivity contribution < 1.29 is 4.57 Å². The molecule has 1 heterocycles. The molecule has 1 aromatic carbocycles. The van der Waals surface area contributed by atoms with Crippen molar-refractivity contribution in [2.45, 2.75) is 51.0 Å². The number of aromatic nitrogens is 1. The minimum absolute atomic E-state index is 0.426. The van der Waals surface area contributed by atoms with E-state index in [0.717, 1.165) is 17.8 Å². The summed E-state index contributed by atoms with van der Waals surface area (Å²) in [6.45, 7) is 2.14. The Morgan fingerprint density at radius 3 is 1.80 bits per heavy atom. The van der Waals surface area contributed by atoms with Crippen molar-refractivity contribution in [3.8, 4) is 0 Å². The molecule has 6 rings (SSSR count). The smallest absolute Gasteiger partial charge is 0.171 e. The van der Waals surface area contributed by atoms with E-state index in [-0.39, 0.29) is 0 Å². The molecule has 0 radical (unpaired) electrons. The average Bonchev–Trinajstić information content (AvgIpc) is 2.61. The molecule has 0 atom stereocenters. The van der Waals surface area contributed by atoms with Crippen LogP contribution in [0.3, 0.4) is 0 Å². The van der Waals surface area contributed by atoms with E-state index in [1.807, 2.05) is 0 Å². The average molecular weight is 333 g/mol. The normalized spacial score (nSPS) is 32.8. The number of hydrogen-bond donors (Lipinski definition) is 0. The molecule has 130 valence electrons. The van der Waals surface area contributed by atoms with Gasteiger partial charge in [-0.25, -0.2) is 0 Å². The van der Waals surface area contributed by atoms with Gasteiger partial charge in [0, 0.05) is 44.1 Å². The lowest BCUT2D eigenvalue weighted by atomic mass is 9.53. The van der Waals surface area contributed by atoms with Gasteiger partial charge >= 0.3 is 0 Å². The van der Waals surface area contributed by atoms with Crippen molar-refractivity contribution in [3.05, 3.63) is 54.4 Å². The lowest BCUT2D eigenvalue weighted by Gasteiger charge is -2.53. The molecule has 0 spiro atoms. The second kappa shape index (κ2) is 5.59. The van der Waals surface area contributed by atoms with Gasteiger partial charge in [0.2, 0.25) is 0 Å². The number of nitrogens with zero attached hydrogens (tertiary/aromatic N) is 2. The van der Waals surface area contributed by atoms with E-state index < -0.39 is 0 Å². The number of hydrogen-bond acceptors (Lipinski definition) is 1. The first-order chi connectivity index (χ1) is 12.1. The molecule has 4 fully saturated rings. The Morgan fingerprint density at radius 1 is 0.800 bits per heavy atom. The molecule has 4 aliphatic carbocycles. The Balaban J connectivity index is 1.41. The maximum Gasteiger partial charge on any atom is 0.171 e. The maximum absolute atomic E-state index is 2.57. The predicted molar refractivity (Wildman–Crippen MR) is 102 cm³/mol. The van der Waals surface area contributed by atoms with Crippen molar-refractivity contribution in [2.75, 3.05) is 11.9 Å². The van der Waals surface area contributed by atoms with Crippen LogP contribution in [-0.2, 0) is 5.54 Å². The largest absolute Gasteiger partial charge is 0.344 e. The second-order valence-electron chi connectivity index (χ2n) is 9.00. The molecule has 4 aliphatic rings. The highest BCUT2D eigenvalue weighted by Crippen LogP contribution is 2.56. The van der Waals surface area contributed by atoms with E-state index in [2.05, 4.69) is 72.2 Å². The first-order valence-electron chi connectivity index (χ1n) is 9.93. The SMILES string of the molecule is Cc1ccc(N(C)c2cc[n+](C34CC5CC(CC(C5)C3)C4)cc2)cc1. The van der Waals surface area contributed by atoms with E-state index in [4.69, 9.17) is 0 Å². The fourth-order valence-corrected chi connectivity index (χ4v) is 6.26. The molecule has 0 N–H and O–H groups in total. The Morgan fingerprint density at radius 2 is 1.28 bits per heavy atom. The predicted octanol–water partition coefficient (Wildman–Crippen LogP) is 4.98. The van der Waals surface area contributed by atoms with Crippen LogP contribution < -0.4 is 9.47 Å². The molecular formula is C23H29N2+. The van der Waals surface area contributed by atoms with Crippen molar-refractivity contribution >= 4 is 11.4 Å². The third kappa shape index (κ3) is 2.58. The molecule has 0 aliphatic heterocycles. The minimum Gasteiger partial charge on any atom is -0.344 e. The molecule has 2 heteroatoms. The molecule has 4 saturated carbocycles. The van der Waals surface area contributed by atoms with E-state index >= 15 is 0 Å². The van der Waals surface area contributed by atoms with Crippen LogP contribution in [0.15, 0.2) is 48.8 Å². The van der Waals surface area contributed by atoms with Gasteiger partial charge in [0.15, 0.2) is 17.9 Å². The first kappa shape index (κ1) is 15.4. The van der Waals surface area contributed by atoms with Crippen LogP contribution in [0.1, 0.15) is 44.1 Å². The van der Waals surface area contributed by atoms with Gasteiger partial charge in [0.1, 0.15) is 0 Å². The molecule has 0 unspecified atom stereocenters. The number of benzene rings is 1. The Labute approximate surface area is 151 Å². The summed E-state index contributed by atoms with van der Waals surface area (Å²) in [5.41, 5.74) is 4.25. The molecule has 0 saturated heterocycles. The van der Waals surface area contributed by atoms with Gasteiger partial charge in [0.25, 0.3) is 0 Å². The number of anilines is 2. The molecular weight excluding hydrogens is 304 g/mol. The molecule has 25 heavy (non-hydrogen) atoms. The monoisotopic (exact) mass is 333 g/mol. The van der Waals surface area contributed by atoms with Crippen LogP contribution in [0.5, 0.6) is 0 Å². The van der Waals surface area contributed by atoms with Gasteiger partial charge < -0.3 is 4.90 Å². The van der Waals surface area contributed by atoms with Crippen molar-refractivity contribution in [2.24, 2.45) is 17.8 Å². The van der Waals surface area contributed by atoms with Gasteiger partial charge in [0.05, 0.1) is 5.69 Å². The minimum atomic E-state index is 0.426. The highest BCUT2D eigenvalue weighted by Gasteiger charge is 2.56. The van der Waals surface area contributed by atoms with Crippen LogP contribution in [0.4, 0.5) is 11.4 Å². The van der Waals surface area contributed by atoms with Crippen LogP contribution >= 0.6 is 0 Å². The van der Waals surface area contributed by atoms with Gasteiger partial charge in [-0.1, -0.05) is 17.7 Å². The highest BCUT2D eigenvalue weighted by molar-refractivity contribution is 5.61. The van der Waals surface area contributed by atoms with Crippen LogP contribution in [0.25, 0.3) is 0 Å². The molecule has 2 nitrogen and oxygen atoms in total. The van der Waals surface area contributed by atoms with Crippen LogP contribution in [-0.4, -0.2) is 7.05 Å². The molecule has 1 aromatic heterocycles. The molecule has 2 aromatic rings. The molecule has 4 bridgehead atoms. The van der Waals surface area contributed by atoms with E-state index in [0.29, 0.717) is 5.54 Å². The lowest BCUT2D eigenvalue weighted by molar-refractivity contribution is -0.776. The fourth-order valence-electron chi connectivity index (χ4n) is 6.26. The quantitative estimate of drug-likeness (QED) is 0.719. The zero-order valence-electron chi connectivity index (χ0n) is 15.5. The summed E-state index contributed by atoms with van der Waals surface area (Å²) >= 11 is 0. The first-order valence-corrected chi connectivity index (χ1v) is 9.93. The Bertz CT molecular complexity index is 724. The van der Waals surface area contributed by atoms with E-state index in [9.17, 15) is 0 Å². The maximum atomic E-state index is 2.57. The van der Waals surface area contributed by atoms with Crippen LogP contribution in [0, 0.1) is 24.7 Å². The second-order valence-corrected chi connectivity index (χ2v) is 9.00. The highest BCUT2D eigenvalue weighted by atomic mass is 15.1. The summed E-state index contributed by atoms with van der Waals surface area (Å²) in [6.07, 6.45) is 13.5. The van der Waals surface area contributed by atoms with Gasteiger partial charge in [-0.3, -0.25) is 0 Å². The zero-order chi connectivity index (χ0) is 17.0.